The van der Waals surface area contributed by atoms with E-state index >= 15 is 0 Å². The number of hydrogen-bond donors (Lipinski definition) is 4. The summed E-state index contributed by atoms with van der Waals surface area (Å²) in [6.45, 7) is 0.178. The summed E-state index contributed by atoms with van der Waals surface area (Å²) in [6.07, 6.45) is 3.31. The number of carboxylic acids is 1. The number of ether oxygens (including phenoxy) is 2. The van der Waals surface area contributed by atoms with Crippen molar-refractivity contribution in [2.45, 2.75) is 55.4 Å². The summed E-state index contributed by atoms with van der Waals surface area (Å²) < 4.78 is 13.0. The summed E-state index contributed by atoms with van der Waals surface area (Å²) in [5.41, 5.74) is -0.853. The van der Waals surface area contributed by atoms with E-state index in [2.05, 4.69) is 20.9 Å². The van der Waals surface area contributed by atoms with Gasteiger partial charge in [0.2, 0.25) is 5.28 Å². The zero-order chi connectivity index (χ0) is 27.7. The van der Waals surface area contributed by atoms with Crippen LogP contribution in [0.5, 0.6) is 0 Å². The minimum Gasteiger partial charge on any atom is -0.479 e. The van der Waals surface area contributed by atoms with Gasteiger partial charge >= 0.3 is 5.97 Å². The number of carboxylic acid groups (broad SMARTS) is 1. The number of rotatable bonds is 9. The summed E-state index contributed by atoms with van der Waals surface area (Å²) in [5.74, 6) is 1.43. The van der Waals surface area contributed by atoms with E-state index in [1.54, 1.807) is 24.3 Å². The minimum absolute atomic E-state index is 0.0627. The maximum Gasteiger partial charge on any atom is 0.333 e. The minimum atomic E-state index is -2.20. The molecule has 12 nitrogen and oxygen atoms in total. The monoisotopic (exact) mass is 557 g/mol. The first-order valence-corrected chi connectivity index (χ1v) is 12.8. The average molecular weight is 558 g/mol. The van der Waals surface area contributed by atoms with Crippen LogP contribution in [-0.2, 0) is 20.7 Å². The molecule has 0 amide bonds. The fourth-order valence-corrected chi connectivity index (χ4v) is 5.29. The van der Waals surface area contributed by atoms with Gasteiger partial charge in [-0.05, 0) is 30.0 Å². The first kappa shape index (κ1) is 27.3. The second kappa shape index (κ2) is 11.1. The van der Waals surface area contributed by atoms with Crippen molar-refractivity contribution < 1.29 is 34.7 Å². The molecule has 0 spiro atoms. The molecule has 6 atom stereocenters. The van der Waals surface area contributed by atoms with Crippen molar-refractivity contribution in [3.63, 3.8) is 0 Å². The third kappa shape index (κ3) is 5.05. The number of aromatic nitrogens is 4. The van der Waals surface area contributed by atoms with E-state index in [0.29, 0.717) is 17.9 Å². The van der Waals surface area contributed by atoms with Gasteiger partial charge in [-0.2, -0.15) is 9.97 Å². The van der Waals surface area contributed by atoms with Crippen LogP contribution in [0.4, 0.5) is 5.82 Å². The van der Waals surface area contributed by atoms with Gasteiger partial charge in [-0.1, -0.05) is 36.3 Å². The first-order chi connectivity index (χ1) is 18.8. The molecule has 4 N–H and O–H groups in total. The Morgan fingerprint density at radius 3 is 2.79 bits per heavy atom. The SMILES string of the molecule is C#C[C@@]1(O)[C@@H](COC(Cc2ccccc2)C(=O)O)O[C@@H](n2cnc3c(N4CCC[C@H]4CO)nc(Cl)nc32)[C@@H]1O. The third-order valence-corrected chi connectivity index (χ3v) is 7.41. The lowest BCUT2D eigenvalue weighted by atomic mass is 9.93. The van der Waals surface area contributed by atoms with Crippen molar-refractivity contribution >= 4 is 34.6 Å². The summed E-state index contributed by atoms with van der Waals surface area (Å²) in [4.78, 5) is 26.8. The van der Waals surface area contributed by atoms with Crippen LogP contribution in [0, 0.1) is 12.3 Å². The van der Waals surface area contributed by atoms with Crippen molar-refractivity contribution in [1.82, 2.24) is 19.5 Å². The Bertz CT molecular complexity index is 1380. The molecule has 0 radical (unpaired) electrons. The van der Waals surface area contributed by atoms with E-state index in [0.717, 1.165) is 18.4 Å². The number of halogens is 1. The molecule has 3 aromatic rings. The zero-order valence-electron chi connectivity index (χ0n) is 20.8. The first-order valence-electron chi connectivity index (χ1n) is 12.5. The summed E-state index contributed by atoms with van der Waals surface area (Å²) in [7, 11) is 0. The Labute approximate surface area is 228 Å². The molecule has 0 saturated carbocycles. The second-order valence-electron chi connectivity index (χ2n) is 9.59. The molecule has 5 rings (SSSR count). The van der Waals surface area contributed by atoms with Gasteiger partial charge in [0.1, 0.15) is 12.2 Å². The number of benzene rings is 1. The third-order valence-electron chi connectivity index (χ3n) is 7.24. The van der Waals surface area contributed by atoms with Crippen LogP contribution in [0.15, 0.2) is 36.7 Å². The smallest absolute Gasteiger partial charge is 0.333 e. The van der Waals surface area contributed by atoms with Crippen LogP contribution in [-0.4, -0.2) is 95.6 Å². The Morgan fingerprint density at radius 1 is 1.33 bits per heavy atom. The van der Waals surface area contributed by atoms with Crippen molar-refractivity contribution in [2.75, 3.05) is 24.7 Å². The van der Waals surface area contributed by atoms with Gasteiger partial charge in [0, 0.05) is 13.0 Å². The molecule has 4 heterocycles. The van der Waals surface area contributed by atoms with Gasteiger partial charge in [0.25, 0.3) is 0 Å². The molecule has 2 aromatic heterocycles. The quantitative estimate of drug-likeness (QED) is 0.217. The summed E-state index contributed by atoms with van der Waals surface area (Å²) in [5, 5.41) is 41.7. The molecular weight excluding hydrogens is 530 g/mol. The number of imidazole rings is 1. The predicted molar refractivity (Wildman–Crippen MR) is 139 cm³/mol. The second-order valence-corrected chi connectivity index (χ2v) is 9.93. The largest absolute Gasteiger partial charge is 0.479 e. The molecular formula is C26H28ClN5O7. The molecule has 39 heavy (non-hydrogen) atoms. The lowest BCUT2D eigenvalue weighted by Crippen LogP contribution is -2.48. The Kier molecular flexibility index (Phi) is 7.73. The lowest BCUT2D eigenvalue weighted by Gasteiger charge is -2.26. The fourth-order valence-electron chi connectivity index (χ4n) is 5.13. The molecule has 1 unspecified atom stereocenters. The van der Waals surface area contributed by atoms with Crippen LogP contribution in [0.2, 0.25) is 5.28 Å². The highest BCUT2D eigenvalue weighted by Crippen LogP contribution is 2.40. The molecule has 0 bridgehead atoms. The summed E-state index contributed by atoms with van der Waals surface area (Å²) in [6, 6.07) is 8.80. The summed E-state index contributed by atoms with van der Waals surface area (Å²) >= 11 is 6.24. The predicted octanol–water partition coefficient (Wildman–Crippen LogP) is 0.776. The van der Waals surface area contributed by atoms with Crippen molar-refractivity contribution in [2.24, 2.45) is 0 Å². The van der Waals surface area contributed by atoms with Gasteiger partial charge < -0.3 is 34.8 Å². The van der Waals surface area contributed by atoms with E-state index in [9.17, 15) is 25.2 Å². The van der Waals surface area contributed by atoms with Crippen molar-refractivity contribution in [3.8, 4) is 12.3 Å². The fraction of sp³-hybridized carbons (Fsp3) is 0.462. The van der Waals surface area contributed by atoms with Crippen molar-refractivity contribution in [1.29, 1.82) is 0 Å². The number of carbonyl (C=O) groups is 1. The standard InChI is InChI=1S/C26H28ClN5O7/c1-2-26(37)18(13-38-17(24(35)36)11-15-7-4-3-5-8-15)39-23(20(26)34)32-14-28-19-21(29-25(27)30-22(19)32)31-10-6-9-16(31)12-33/h1,3-5,7-8,14,16-18,20,23,33-34,37H,6,9-13H2,(H,35,36)/t16-,17?,18+,20-,23+,26+/m0/s1. The molecule has 206 valence electrons. The van der Waals surface area contributed by atoms with E-state index in [4.69, 9.17) is 27.5 Å². The van der Waals surface area contributed by atoms with Gasteiger partial charge in [0.05, 0.1) is 25.6 Å². The highest BCUT2D eigenvalue weighted by atomic mass is 35.5. The topological polar surface area (TPSA) is 163 Å². The van der Waals surface area contributed by atoms with E-state index in [-0.39, 0.29) is 30.0 Å². The average Bonchev–Trinajstić information content (AvgIpc) is 3.64. The molecule has 13 heteroatoms. The highest BCUT2D eigenvalue weighted by Gasteiger charge is 2.56. The van der Waals surface area contributed by atoms with Gasteiger partial charge in [-0.3, -0.25) is 4.57 Å². The number of aliphatic hydroxyl groups excluding tert-OH is 2. The van der Waals surface area contributed by atoms with Crippen molar-refractivity contribution in [3.05, 3.63) is 47.5 Å². The van der Waals surface area contributed by atoms with Gasteiger partial charge in [-0.15, -0.1) is 6.42 Å². The zero-order valence-corrected chi connectivity index (χ0v) is 21.6. The van der Waals surface area contributed by atoms with Gasteiger partial charge in [-0.25, -0.2) is 9.78 Å². The number of terminal acetylenes is 1. The number of aliphatic hydroxyl groups is 3. The van der Waals surface area contributed by atoms with Gasteiger partial charge in [0.15, 0.2) is 34.9 Å². The van der Waals surface area contributed by atoms with Crippen LogP contribution in [0.25, 0.3) is 11.2 Å². The van der Waals surface area contributed by atoms with Crippen LogP contribution in [0.1, 0.15) is 24.6 Å². The van der Waals surface area contributed by atoms with Crippen LogP contribution < -0.4 is 4.90 Å². The molecule has 1 aromatic carbocycles. The number of anilines is 1. The Hall–Kier alpha value is -3.31. The van der Waals surface area contributed by atoms with Crippen LogP contribution >= 0.6 is 11.6 Å². The normalized spacial score (nSPS) is 27.6. The van der Waals surface area contributed by atoms with E-state index in [1.807, 2.05) is 11.0 Å². The molecule has 2 fully saturated rings. The Balaban J connectivity index is 1.41. The highest BCUT2D eigenvalue weighted by molar-refractivity contribution is 6.28. The van der Waals surface area contributed by atoms with Crippen LogP contribution in [0.3, 0.4) is 0 Å². The Morgan fingerprint density at radius 2 is 2.10 bits per heavy atom. The number of fused-ring (bicyclic) bond motifs is 1. The molecule has 0 aliphatic carbocycles. The number of nitrogens with zero attached hydrogens (tertiary/aromatic N) is 5. The maximum atomic E-state index is 11.8. The molecule has 2 aliphatic heterocycles. The molecule has 2 aliphatic rings. The maximum absolute atomic E-state index is 11.8. The number of hydrogen-bond acceptors (Lipinski definition) is 10. The molecule has 2 saturated heterocycles. The van der Waals surface area contributed by atoms with E-state index in [1.165, 1.54) is 10.9 Å². The number of aliphatic carboxylic acids is 1. The van der Waals surface area contributed by atoms with E-state index < -0.39 is 42.7 Å². The lowest BCUT2D eigenvalue weighted by molar-refractivity contribution is -0.156.